The van der Waals surface area contributed by atoms with Crippen molar-refractivity contribution in [2.24, 2.45) is 0 Å². The Morgan fingerprint density at radius 1 is 1.62 bits per heavy atom. The lowest BCUT2D eigenvalue weighted by Crippen LogP contribution is -2.26. The lowest BCUT2D eigenvalue weighted by molar-refractivity contribution is -0.128. The van der Waals surface area contributed by atoms with Gasteiger partial charge in [-0.05, 0) is 6.07 Å². The molecule has 0 spiro atoms. The van der Waals surface area contributed by atoms with Gasteiger partial charge >= 0.3 is 10.2 Å². The Kier molecular flexibility index (Phi) is 2.66. The summed E-state index contributed by atoms with van der Waals surface area (Å²) in [5.41, 5.74) is 0.685. The predicted molar refractivity (Wildman–Crippen MR) is 52.4 cm³/mol. The summed E-state index contributed by atoms with van der Waals surface area (Å²) in [5.74, 6) is -0.360. The van der Waals surface area contributed by atoms with Gasteiger partial charge in [-0.2, -0.15) is 13.5 Å². The van der Waals surface area contributed by atoms with Gasteiger partial charge in [0, 0.05) is 19.2 Å². The zero-order chi connectivity index (χ0) is 11.8. The van der Waals surface area contributed by atoms with Gasteiger partial charge in [-0.25, -0.2) is 0 Å². The van der Waals surface area contributed by atoms with Crippen LogP contribution in [0.5, 0.6) is 0 Å². The quantitative estimate of drug-likeness (QED) is 0.750. The second-order valence-corrected chi connectivity index (χ2v) is 5.28. The van der Waals surface area contributed by atoms with Crippen molar-refractivity contribution in [1.82, 2.24) is 15.1 Å². The van der Waals surface area contributed by atoms with E-state index in [4.69, 9.17) is 0 Å². The number of rotatable bonds is 3. The molecule has 2 heterocycles. The van der Waals surface area contributed by atoms with E-state index in [1.165, 1.54) is 11.1 Å². The van der Waals surface area contributed by atoms with Crippen LogP contribution in [0, 0.1) is 0 Å². The highest BCUT2D eigenvalue weighted by molar-refractivity contribution is 7.87. The molecule has 0 radical (unpaired) electrons. The van der Waals surface area contributed by atoms with E-state index in [1.54, 1.807) is 6.07 Å². The summed E-state index contributed by atoms with van der Waals surface area (Å²) in [5, 5.41) is 5.12. The average molecular weight is 247 g/mol. The Bertz CT molecular complexity index is 485. The number of carbonyl (C=O) groups is 1. The third kappa shape index (κ3) is 2.21. The summed E-state index contributed by atoms with van der Waals surface area (Å²) in [6, 6.07) is 1.67. The van der Waals surface area contributed by atoms with Crippen molar-refractivity contribution in [2.45, 2.75) is 18.2 Å². The van der Waals surface area contributed by atoms with Gasteiger partial charge in [-0.3, -0.25) is 9.89 Å². The second-order valence-electron chi connectivity index (χ2n) is 3.66. The summed E-state index contributed by atoms with van der Waals surface area (Å²) < 4.78 is 34.0. The van der Waals surface area contributed by atoms with Gasteiger partial charge in [0.15, 0.2) is 0 Å². The van der Waals surface area contributed by atoms with Crippen molar-refractivity contribution in [1.29, 1.82) is 0 Å². The summed E-state index contributed by atoms with van der Waals surface area (Å²) in [7, 11) is -4.64. The molecular formula is C8H10FN3O3S. The Hall–Kier alpha value is -1.44. The third-order valence-corrected chi connectivity index (χ3v) is 3.61. The van der Waals surface area contributed by atoms with E-state index in [2.05, 4.69) is 10.2 Å². The molecule has 0 aromatic carbocycles. The molecule has 1 atom stereocenters. The van der Waals surface area contributed by atoms with Crippen LogP contribution in [0.3, 0.4) is 0 Å². The first-order chi connectivity index (χ1) is 7.47. The van der Waals surface area contributed by atoms with Crippen LogP contribution in [0.25, 0.3) is 0 Å². The minimum atomic E-state index is -4.64. The summed E-state index contributed by atoms with van der Waals surface area (Å²) in [6.45, 7) is 0.127. The number of nitrogens with one attached hydrogen (secondary N) is 1. The van der Waals surface area contributed by atoms with Gasteiger partial charge < -0.3 is 4.90 Å². The van der Waals surface area contributed by atoms with Crippen LogP contribution in [0.4, 0.5) is 3.89 Å². The molecule has 1 fully saturated rings. The minimum Gasteiger partial charge on any atom is -0.335 e. The molecule has 1 N–H and O–H groups in total. The minimum absolute atomic E-state index is 0.101. The van der Waals surface area contributed by atoms with Crippen LogP contribution in [0.1, 0.15) is 12.1 Å². The highest BCUT2D eigenvalue weighted by Gasteiger charge is 2.38. The molecule has 1 unspecified atom stereocenters. The van der Waals surface area contributed by atoms with Gasteiger partial charge in [0.1, 0.15) is 5.25 Å². The number of hydrogen-bond acceptors (Lipinski definition) is 4. The molecule has 8 heteroatoms. The molecule has 2 rings (SSSR count). The number of hydrogen-bond donors (Lipinski definition) is 1. The normalized spacial score (nSPS) is 21.7. The van der Waals surface area contributed by atoms with Gasteiger partial charge in [0.25, 0.3) is 0 Å². The number of likely N-dealkylation sites (tertiary alicyclic amines) is 1. The zero-order valence-corrected chi connectivity index (χ0v) is 9.08. The Balaban J connectivity index is 2.06. The molecule has 1 aromatic rings. The highest BCUT2D eigenvalue weighted by atomic mass is 32.3. The monoisotopic (exact) mass is 247 g/mol. The van der Waals surface area contributed by atoms with Crippen LogP contribution in [-0.4, -0.2) is 41.2 Å². The molecule has 16 heavy (non-hydrogen) atoms. The van der Waals surface area contributed by atoms with Crippen molar-refractivity contribution < 1.29 is 17.1 Å². The molecule has 1 aromatic heterocycles. The van der Waals surface area contributed by atoms with Crippen molar-refractivity contribution in [3.8, 4) is 0 Å². The Morgan fingerprint density at radius 3 is 2.88 bits per heavy atom. The van der Waals surface area contributed by atoms with E-state index in [0.717, 1.165) is 0 Å². The van der Waals surface area contributed by atoms with Crippen molar-refractivity contribution in [2.75, 3.05) is 6.54 Å². The fourth-order valence-corrected chi connectivity index (χ4v) is 2.36. The Labute approximate surface area is 91.7 Å². The molecule has 0 saturated carbocycles. The van der Waals surface area contributed by atoms with Gasteiger partial charge in [0.05, 0.1) is 12.2 Å². The van der Waals surface area contributed by atoms with E-state index >= 15 is 0 Å². The second kappa shape index (κ2) is 3.85. The lowest BCUT2D eigenvalue weighted by atomic mass is 10.4. The third-order valence-electron chi connectivity index (χ3n) is 2.50. The largest absolute Gasteiger partial charge is 0.335 e. The highest BCUT2D eigenvalue weighted by Crippen LogP contribution is 2.20. The summed E-state index contributed by atoms with van der Waals surface area (Å²) in [4.78, 5) is 12.7. The molecule has 1 amide bonds. The van der Waals surface area contributed by atoms with Crippen LogP contribution in [0.15, 0.2) is 12.3 Å². The number of halogens is 1. The molecule has 1 saturated heterocycles. The van der Waals surface area contributed by atoms with E-state index < -0.39 is 15.5 Å². The predicted octanol–water partition coefficient (Wildman–Crippen LogP) is -0.190. The van der Waals surface area contributed by atoms with Gasteiger partial charge in [-0.15, -0.1) is 3.89 Å². The maximum Gasteiger partial charge on any atom is 0.307 e. The first-order valence-electron chi connectivity index (χ1n) is 4.66. The number of aromatic amines is 1. The SMILES string of the molecule is O=C1CC(S(=O)(=O)F)CN1Cc1ccn[nH]1. The average Bonchev–Trinajstić information content (AvgIpc) is 2.76. The number of aromatic nitrogens is 2. The van der Waals surface area contributed by atoms with E-state index in [1.807, 2.05) is 0 Å². The maximum absolute atomic E-state index is 12.7. The smallest absolute Gasteiger partial charge is 0.307 e. The molecular weight excluding hydrogens is 237 g/mol. The standard InChI is InChI=1S/C8H10FN3O3S/c9-16(14,15)7-3-8(13)12(5-7)4-6-1-2-10-11-6/h1-2,7H,3-5H2,(H,10,11). The lowest BCUT2D eigenvalue weighted by Gasteiger charge is -2.14. The van der Waals surface area contributed by atoms with Gasteiger partial charge in [0.2, 0.25) is 5.91 Å². The first-order valence-corrected chi connectivity index (χ1v) is 6.11. The van der Waals surface area contributed by atoms with E-state index in [0.29, 0.717) is 5.69 Å². The van der Waals surface area contributed by atoms with Crippen molar-refractivity contribution in [3.63, 3.8) is 0 Å². The fourth-order valence-electron chi connectivity index (χ4n) is 1.66. The summed E-state index contributed by atoms with van der Waals surface area (Å²) >= 11 is 0. The first kappa shape index (κ1) is 11.1. The van der Waals surface area contributed by atoms with Crippen molar-refractivity contribution in [3.05, 3.63) is 18.0 Å². The molecule has 0 aliphatic carbocycles. The fraction of sp³-hybridized carbons (Fsp3) is 0.500. The number of nitrogens with zero attached hydrogens (tertiary/aromatic N) is 2. The van der Waals surface area contributed by atoms with Crippen LogP contribution < -0.4 is 0 Å². The van der Waals surface area contributed by atoms with Crippen LogP contribution in [0.2, 0.25) is 0 Å². The van der Waals surface area contributed by atoms with E-state index in [-0.39, 0.29) is 25.4 Å². The van der Waals surface area contributed by atoms with Crippen LogP contribution >= 0.6 is 0 Å². The molecule has 6 nitrogen and oxygen atoms in total. The number of amides is 1. The molecule has 1 aliphatic heterocycles. The summed E-state index contributed by atoms with van der Waals surface area (Å²) in [6.07, 6.45) is 1.24. The number of carbonyl (C=O) groups excluding carboxylic acids is 1. The van der Waals surface area contributed by atoms with Crippen LogP contribution in [-0.2, 0) is 21.6 Å². The molecule has 0 bridgehead atoms. The zero-order valence-electron chi connectivity index (χ0n) is 8.26. The number of H-pyrrole nitrogens is 1. The maximum atomic E-state index is 12.7. The van der Waals surface area contributed by atoms with E-state index in [9.17, 15) is 17.1 Å². The molecule has 88 valence electrons. The topological polar surface area (TPSA) is 83.1 Å². The molecule has 1 aliphatic rings. The van der Waals surface area contributed by atoms with Crippen molar-refractivity contribution >= 4 is 16.1 Å². The van der Waals surface area contributed by atoms with Gasteiger partial charge in [-0.1, -0.05) is 0 Å². The Morgan fingerprint density at radius 2 is 2.38 bits per heavy atom.